The highest BCUT2D eigenvalue weighted by atomic mass is 35.5. The number of nitrogens with zero attached hydrogens (tertiary/aromatic N) is 2. The van der Waals surface area contributed by atoms with Gasteiger partial charge in [0.25, 0.3) is 5.91 Å². The third-order valence-corrected chi connectivity index (χ3v) is 6.23. The molecule has 33 heavy (non-hydrogen) atoms. The molecule has 1 N–H and O–H groups in total. The lowest BCUT2D eigenvalue weighted by Crippen LogP contribution is -2.41. The van der Waals surface area contributed by atoms with E-state index in [1.165, 1.54) is 4.90 Å². The van der Waals surface area contributed by atoms with E-state index in [0.717, 1.165) is 11.3 Å². The summed E-state index contributed by atoms with van der Waals surface area (Å²) in [6, 6.07) is 25.2. The summed E-state index contributed by atoms with van der Waals surface area (Å²) in [4.78, 5) is 28.2. The van der Waals surface area contributed by atoms with Crippen molar-refractivity contribution in [3.8, 4) is 5.69 Å². The van der Waals surface area contributed by atoms with Crippen LogP contribution in [0.2, 0.25) is 5.02 Å². The zero-order chi connectivity index (χ0) is 23.0. The van der Waals surface area contributed by atoms with Gasteiger partial charge in [-0.1, -0.05) is 54.1 Å². The van der Waals surface area contributed by atoms with Crippen LogP contribution in [-0.4, -0.2) is 21.4 Å². The molecule has 2 heterocycles. The molecule has 4 aromatic rings. The fourth-order valence-electron chi connectivity index (χ4n) is 4.29. The van der Waals surface area contributed by atoms with Crippen molar-refractivity contribution in [2.75, 3.05) is 4.90 Å². The number of carbonyl (C=O) groups is 2. The molecule has 0 saturated heterocycles. The molecule has 5 rings (SSSR count). The number of amides is 1. The molecule has 164 valence electrons. The lowest BCUT2D eigenvalue weighted by molar-refractivity contribution is -0.136. The van der Waals surface area contributed by atoms with E-state index >= 15 is 0 Å². The molecule has 0 aliphatic carbocycles. The number of halogens is 1. The molecule has 0 bridgehead atoms. The van der Waals surface area contributed by atoms with Gasteiger partial charge in [-0.25, -0.2) is 0 Å². The molecule has 1 aromatic heterocycles. The number of benzene rings is 3. The maximum absolute atomic E-state index is 13.5. The van der Waals surface area contributed by atoms with Gasteiger partial charge in [0, 0.05) is 34.2 Å². The number of fused-ring (bicyclic) bond motifs is 1. The summed E-state index contributed by atoms with van der Waals surface area (Å²) in [7, 11) is 0. The second kappa shape index (κ2) is 8.35. The van der Waals surface area contributed by atoms with Crippen LogP contribution in [0.25, 0.3) is 5.69 Å². The van der Waals surface area contributed by atoms with Crippen LogP contribution < -0.4 is 4.90 Å². The minimum Gasteiger partial charge on any atom is -0.375 e. The van der Waals surface area contributed by atoms with Gasteiger partial charge in [0.15, 0.2) is 11.4 Å². The SMILES string of the molecule is O=C(C[C@]1(O)C(=O)N(Cc2ccc(Cl)cc2)c2ccccc21)c1cccc(-n2cccc2)c1. The Morgan fingerprint density at radius 2 is 1.64 bits per heavy atom. The largest absolute Gasteiger partial charge is 0.375 e. The highest BCUT2D eigenvalue weighted by Crippen LogP contribution is 2.43. The summed E-state index contributed by atoms with van der Waals surface area (Å²) in [5, 5.41) is 12.2. The van der Waals surface area contributed by atoms with Gasteiger partial charge in [0.1, 0.15) is 0 Å². The summed E-state index contributed by atoms with van der Waals surface area (Å²) in [6.07, 6.45) is 3.44. The Bertz CT molecular complexity index is 1330. The van der Waals surface area contributed by atoms with Crippen LogP contribution in [-0.2, 0) is 16.9 Å². The molecule has 3 aromatic carbocycles. The summed E-state index contributed by atoms with van der Waals surface area (Å²) >= 11 is 5.98. The first-order valence-corrected chi connectivity index (χ1v) is 11.0. The van der Waals surface area contributed by atoms with E-state index in [0.29, 0.717) is 21.8 Å². The number of aliphatic hydroxyl groups is 1. The number of carbonyl (C=O) groups excluding carboxylic acids is 2. The van der Waals surface area contributed by atoms with E-state index in [4.69, 9.17) is 11.6 Å². The van der Waals surface area contributed by atoms with Crippen LogP contribution in [0, 0.1) is 0 Å². The lowest BCUT2D eigenvalue weighted by atomic mass is 9.88. The Morgan fingerprint density at radius 3 is 2.39 bits per heavy atom. The molecule has 0 spiro atoms. The standard InChI is InChI=1S/C27H21ClN2O3/c28-21-12-10-19(11-13-21)18-30-24-9-2-1-8-23(24)27(33,26(30)32)17-25(31)20-6-5-7-22(16-20)29-14-3-4-15-29/h1-16,33H,17-18H2/t27-/m1/s1. The quantitative estimate of drug-likeness (QED) is 0.409. The van der Waals surface area contributed by atoms with Gasteiger partial charge in [-0.3, -0.25) is 9.59 Å². The second-order valence-corrected chi connectivity index (χ2v) is 8.57. The minimum atomic E-state index is -1.93. The molecule has 0 radical (unpaired) electrons. The molecule has 1 atom stereocenters. The van der Waals surface area contributed by atoms with Gasteiger partial charge >= 0.3 is 0 Å². The van der Waals surface area contributed by atoms with Gasteiger partial charge in [0.05, 0.1) is 18.7 Å². The van der Waals surface area contributed by atoms with Crippen molar-refractivity contribution in [1.29, 1.82) is 0 Å². The number of rotatable bonds is 6. The summed E-state index contributed by atoms with van der Waals surface area (Å²) in [5.41, 5.74) is 1.27. The molecule has 1 aliphatic rings. The smallest absolute Gasteiger partial charge is 0.264 e. The summed E-state index contributed by atoms with van der Waals surface area (Å²) in [5.74, 6) is -0.809. The number of aromatic nitrogens is 1. The van der Waals surface area contributed by atoms with Gasteiger partial charge < -0.3 is 14.6 Å². The maximum Gasteiger partial charge on any atom is 0.264 e. The van der Waals surface area contributed by atoms with Gasteiger partial charge in [-0.15, -0.1) is 0 Å². The Morgan fingerprint density at radius 1 is 0.909 bits per heavy atom. The number of hydrogen-bond acceptors (Lipinski definition) is 3. The van der Waals surface area contributed by atoms with E-state index in [1.54, 1.807) is 48.5 Å². The zero-order valence-corrected chi connectivity index (χ0v) is 18.4. The fraction of sp³-hybridized carbons (Fsp3) is 0.111. The van der Waals surface area contributed by atoms with Crippen LogP contribution in [0.4, 0.5) is 5.69 Å². The number of hydrogen-bond donors (Lipinski definition) is 1. The number of para-hydroxylation sites is 1. The van der Waals surface area contributed by atoms with E-state index < -0.39 is 11.5 Å². The zero-order valence-electron chi connectivity index (χ0n) is 17.7. The van der Waals surface area contributed by atoms with Crippen LogP contribution in [0.3, 0.4) is 0 Å². The Kier molecular flexibility index (Phi) is 5.36. The molecule has 0 unspecified atom stereocenters. The van der Waals surface area contributed by atoms with Crippen LogP contribution >= 0.6 is 11.6 Å². The molecule has 0 saturated carbocycles. The van der Waals surface area contributed by atoms with E-state index in [-0.39, 0.29) is 18.7 Å². The van der Waals surface area contributed by atoms with Crippen LogP contribution in [0.15, 0.2) is 97.3 Å². The molecular formula is C27H21ClN2O3. The number of Topliss-reactive ketones (excluding diaryl/α,β-unsaturated/α-hetero) is 1. The molecule has 0 fully saturated rings. The first-order valence-electron chi connectivity index (χ1n) is 10.6. The monoisotopic (exact) mass is 456 g/mol. The van der Waals surface area contributed by atoms with Crippen molar-refractivity contribution in [2.24, 2.45) is 0 Å². The van der Waals surface area contributed by atoms with Crippen molar-refractivity contribution in [1.82, 2.24) is 4.57 Å². The first kappa shape index (κ1) is 21.2. The van der Waals surface area contributed by atoms with Gasteiger partial charge in [-0.2, -0.15) is 0 Å². The van der Waals surface area contributed by atoms with Crippen molar-refractivity contribution in [2.45, 2.75) is 18.6 Å². The predicted molar refractivity (Wildman–Crippen MR) is 128 cm³/mol. The van der Waals surface area contributed by atoms with Crippen molar-refractivity contribution in [3.05, 3.63) is 119 Å². The Hall–Kier alpha value is -3.67. The first-order chi connectivity index (χ1) is 16.0. The van der Waals surface area contributed by atoms with E-state index in [1.807, 2.05) is 53.4 Å². The minimum absolute atomic E-state index is 0.270. The summed E-state index contributed by atoms with van der Waals surface area (Å²) < 4.78 is 1.90. The topological polar surface area (TPSA) is 62.5 Å². The third kappa shape index (κ3) is 3.86. The fourth-order valence-corrected chi connectivity index (χ4v) is 4.41. The molecule has 1 amide bonds. The molecular weight excluding hydrogens is 436 g/mol. The summed E-state index contributed by atoms with van der Waals surface area (Å²) in [6.45, 7) is 0.270. The predicted octanol–water partition coefficient (Wildman–Crippen LogP) is 5.14. The number of anilines is 1. The average Bonchev–Trinajstić information content (AvgIpc) is 3.44. The normalized spacial score (nSPS) is 17.3. The van der Waals surface area contributed by atoms with E-state index in [2.05, 4.69) is 0 Å². The highest BCUT2D eigenvalue weighted by molar-refractivity contribution is 6.30. The highest BCUT2D eigenvalue weighted by Gasteiger charge is 2.50. The second-order valence-electron chi connectivity index (χ2n) is 8.14. The molecule has 5 nitrogen and oxygen atoms in total. The number of ketones is 1. The van der Waals surface area contributed by atoms with Gasteiger partial charge in [-0.05, 0) is 48.0 Å². The molecule has 6 heteroatoms. The van der Waals surface area contributed by atoms with Crippen molar-refractivity contribution >= 4 is 29.0 Å². The van der Waals surface area contributed by atoms with Crippen LogP contribution in [0.5, 0.6) is 0 Å². The average molecular weight is 457 g/mol. The van der Waals surface area contributed by atoms with Crippen molar-refractivity contribution < 1.29 is 14.7 Å². The molecule has 1 aliphatic heterocycles. The van der Waals surface area contributed by atoms with Gasteiger partial charge in [0.2, 0.25) is 0 Å². The Balaban J connectivity index is 1.45. The third-order valence-electron chi connectivity index (χ3n) is 5.98. The van der Waals surface area contributed by atoms with E-state index in [9.17, 15) is 14.7 Å². The lowest BCUT2D eigenvalue weighted by Gasteiger charge is -2.23. The van der Waals surface area contributed by atoms with Crippen LogP contribution in [0.1, 0.15) is 27.9 Å². The maximum atomic E-state index is 13.5. The van der Waals surface area contributed by atoms with Crippen molar-refractivity contribution in [3.63, 3.8) is 0 Å². The Labute approximate surface area is 196 Å².